The Morgan fingerprint density at radius 1 is 0.886 bits per heavy atom. The van der Waals surface area contributed by atoms with Crippen LogP contribution in [0.15, 0.2) is 91.0 Å². The molecule has 0 amide bonds. The molecule has 1 aliphatic heterocycles. The highest BCUT2D eigenvalue weighted by atomic mass is 16.5. The number of hydrogen-bond donors (Lipinski definition) is 2. The maximum absolute atomic E-state index is 11.5. The van der Waals surface area contributed by atoms with Crippen LogP contribution in [-0.2, 0) is 18.0 Å². The highest BCUT2D eigenvalue weighted by molar-refractivity contribution is 5.89. The van der Waals surface area contributed by atoms with E-state index in [0.29, 0.717) is 18.8 Å². The zero-order valence-electron chi connectivity index (χ0n) is 19.5. The van der Waals surface area contributed by atoms with Gasteiger partial charge in [-0.1, -0.05) is 66.7 Å². The second-order valence-electron chi connectivity index (χ2n) is 8.97. The van der Waals surface area contributed by atoms with Crippen LogP contribution in [0.4, 0.5) is 0 Å². The zero-order valence-corrected chi connectivity index (χ0v) is 19.5. The molecule has 2 atom stereocenters. The van der Waals surface area contributed by atoms with Crippen molar-refractivity contribution < 1.29 is 19.4 Å². The van der Waals surface area contributed by atoms with Crippen molar-refractivity contribution in [3.8, 4) is 5.75 Å². The number of fused-ring (bicyclic) bond motifs is 1. The lowest BCUT2D eigenvalue weighted by Gasteiger charge is -2.32. The van der Waals surface area contributed by atoms with Gasteiger partial charge in [-0.3, -0.25) is 0 Å². The smallest absolute Gasteiger partial charge is 0.335 e. The minimum absolute atomic E-state index is 0.0482. The summed E-state index contributed by atoms with van der Waals surface area (Å²) in [6.45, 7) is 2.57. The van der Waals surface area contributed by atoms with Crippen molar-refractivity contribution in [2.75, 3.05) is 13.1 Å². The van der Waals surface area contributed by atoms with Crippen LogP contribution in [0.1, 0.15) is 39.4 Å². The van der Waals surface area contributed by atoms with Crippen LogP contribution in [0.3, 0.4) is 0 Å². The number of carbonyl (C=O) groups is 1. The fourth-order valence-electron chi connectivity index (χ4n) is 4.76. The van der Waals surface area contributed by atoms with Crippen molar-refractivity contribution in [2.24, 2.45) is 0 Å². The maximum atomic E-state index is 11.5. The van der Waals surface area contributed by atoms with Gasteiger partial charge >= 0.3 is 5.97 Å². The van der Waals surface area contributed by atoms with Gasteiger partial charge in [-0.15, -0.1) is 0 Å². The van der Waals surface area contributed by atoms with Gasteiger partial charge in [-0.05, 0) is 59.3 Å². The van der Waals surface area contributed by atoms with Crippen LogP contribution in [0.2, 0.25) is 0 Å². The van der Waals surface area contributed by atoms with E-state index in [1.54, 1.807) is 12.1 Å². The molecule has 5 rings (SSSR count). The second kappa shape index (κ2) is 10.7. The summed E-state index contributed by atoms with van der Waals surface area (Å²) in [6, 6.07) is 29.8. The Morgan fingerprint density at radius 2 is 1.71 bits per heavy atom. The molecule has 1 saturated heterocycles. The molecule has 1 heterocycles. The Hall–Kier alpha value is -3.67. The number of aromatic carboxylic acids is 1. The summed E-state index contributed by atoms with van der Waals surface area (Å²) in [6.07, 6.45) is 0.852. The van der Waals surface area contributed by atoms with Crippen LogP contribution >= 0.6 is 0 Å². The molecule has 5 heteroatoms. The lowest BCUT2D eigenvalue weighted by atomic mass is 9.87. The first kappa shape index (κ1) is 23.1. The number of carboxylic acids is 1. The average molecular weight is 468 g/mol. The highest BCUT2D eigenvalue weighted by Crippen LogP contribution is 2.32. The van der Waals surface area contributed by atoms with Gasteiger partial charge in [0.1, 0.15) is 12.4 Å². The summed E-state index contributed by atoms with van der Waals surface area (Å²) in [4.78, 5) is 11.5. The third kappa shape index (κ3) is 5.53. The van der Waals surface area contributed by atoms with Crippen molar-refractivity contribution in [1.29, 1.82) is 0 Å². The molecule has 2 N–H and O–H groups in total. The summed E-state index contributed by atoms with van der Waals surface area (Å²) in [5.74, 6) is 0.0836. The van der Waals surface area contributed by atoms with Crippen LogP contribution < -0.4 is 10.1 Å². The van der Waals surface area contributed by atoms with Crippen LogP contribution in [0.5, 0.6) is 5.75 Å². The van der Waals surface area contributed by atoms with Crippen molar-refractivity contribution >= 4 is 16.7 Å². The zero-order chi connectivity index (χ0) is 24.0. The second-order valence-corrected chi connectivity index (χ2v) is 8.97. The average Bonchev–Trinajstić information content (AvgIpc) is 2.91. The quantitative estimate of drug-likeness (QED) is 0.344. The topological polar surface area (TPSA) is 67.8 Å². The molecule has 4 aromatic rings. The van der Waals surface area contributed by atoms with E-state index >= 15 is 0 Å². The Kier molecular flexibility index (Phi) is 7.07. The first-order chi connectivity index (χ1) is 17.2. The molecule has 4 aromatic carbocycles. The standard InChI is InChI=1S/C30H29NO4/c32-30(33)25-11-6-10-24(17-25)27-13-14-31-18-29(27)35-20-22-15-23-9-4-5-12-26(23)28(16-22)34-19-21-7-2-1-3-8-21/h1-12,15-17,27,29,31H,13-14,18-20H2,(H,32,33). The van der Waals surface area contributed by atoms with Gasteiger partial charge in [0.2, 0.25) is 0 Å². The summed E-state index contributed by atoms with van der Waals surface area (Å²) in [5, 5.41) is 15.0. The molecule has 2 unspecified atom stereocenters. The molecule has 0 saturated carbocycles. The fraction of sp³-hybridized carbons (Fsp3) is 0.233. The van der Waals surface area contributed by atoms with E-state index in [9.17, 15) is 9.90 Å². The first-order valence-electron chi connectivity index (χ1n) is 12.0. The molecule has 5 nitrogen and oxygen atoms in total. The Bertz CT molecular complexity index is 1300. The van der Waals surface area contributed by atoms with Crippen molar-refractivity contribution in [2.45, 2.75) is 31.7 Å². The normalized spacial score (nSPS) is 17.8. The molecular formula is C30H29NO4. The lowest BCUT2D eigenvalue weighted by molar-refractivity contribution is 0.0105. The molecule has 0 spiro atoms. The minimum atomic E-state index is -0.905. The van der Waals surface area contributed by atoms with Crippen molar-refractivity contribution in [3.05, 3.63) is 113 Å². The molecule has 1 fully saturated rings. The third-order valence-corrected chi connectivity index (χ3v) is 6.57. The van der Waals surface area contributed by atoms with Gasteiger partial charge in [-0.2, -0.15) is 0 Å². The number of carboxylic acid groups (broad SMARTS) is 1. The number of ether oxygens (including phenoxy) is 2. The number of benzene rings is 4. The van der Waals surface area contributed by atoms with E-state index in [-0.39, 0.29) is 12.0 Å². The summed E-state index contributed by atoms with van der Waals surface area (Å²) in [7, 11) is 0. The Balaban J connectivity index is 1.35. The van der Waals surface area contributed by atoms with Gasteiger partial charge in [0.05, 0.1) is 18.3 Å². The molecule has 0 bridgehead atoms. The number of nitrogens with one attached hydrogen (secondary N) is 1. The van der Waals surface area contributed by atoms with Crippen LogP contribution in [-0.4, -0.2) is 30.3 Å². The highest BCUT2D eigenvalue weighted by Gasteiger charge is 2.27. The number of piperidine rings is 1. The minimum Gasteiger partial charge on any atom is -0.488 e. The van der Waals surface area contributed by atoms with Crippen LogP contribution in [0, 0.1) is 0 Å². The Morgan fingerprint density at radius 3 is 2.57 bits per heavy atom. The van der Waals surface area contributed by atoms with E-state index in [1.165, 1.54) is 0 Å². The van der Waals surface area contributed by atoms with E-state index < -0.39 is 5.97 Å². The third-order valence-electron chi connectivity index (χ3n) is 6.57. The maximum Gasteiger partial charge on any atom is 0.335 e. The molecule has 35 heavy (non-hydrogen) atoms. The molecule has 0 radical (unpaired) electrons. The lowest BCUT2D eigenvalue weighted by Crippen LogP contribution is -2.41. The molecular weight excluding hydrogens is 438 g/mol. The summed E-state index contributed by atoms with van der Waals surface area (Å²) >= 11 is 0. The molecule has 0 aliphatic carbocycles. The fourth-order valence-corrected chi connectivity index (χ4v) is 4.76. The van der Waals surface area contributed by atoms with Gasteiger partial charge in [0.25, 0.3) is 0 Å². The molecule has 178 valence electrons. The van der Waals surface area contributed by atoms with Gasteiger partial charge < -0.3 is 19.9 Å². The monoisotopic (exact) mass is 467 g/mol. The van der Waals surface area contributed by atoms with E-state index in [0.717, 1.165) is 52.7 Å². The molecule has 0 aromatic heterocycles. The van der Waals surface area contributed by atoms with E-state index in [4.69, 9.17) is 9.47 Å². The summed E-state index contributed by atoms with van der Waals surface area (Å²) < 4.78 is 12.7. The van der Waals surface area contributed by atoms with Crippen molar-refractivity contribution in [1.82, 2.24) is 5.32 Å². The van der Waals surface area contributed by atoms with E-state index in [1.807, 2.05) is 42.5 Å². The largest absolute Gasteiger partial charge is 0.488 e. The predicted octanol–water partition coefficient (Wildman–Crippen LogP) is 5.78. The number of hydrogen-bond acceptors (Lipinski definition) is 4. The Labute approximate surface area is 205 Å². The first-order valence-corrected chi connectivity index (χ1v) is 12.0. The SMILES string of the molecule is O=C(O)c1cccc(C2CCNCC2OCc2cc(OCc3ccccc3)c3ccccc3c2)c1. The van der Waals surface area contributed by atoms with Crippen molar-refractivity contribution in [3.63, 3.8) is 0 Å². The van der Waals surface area contributed by atoms with Gasteiger partial charge in [0, 0.05) is 17.8 Å². The van der Waals surface area contributed by atoms with E-state index in [2.05, 4.69) is 41.7 Å². The number of rotatable bonds is 8. The molecule has 1 aliphatic rings. The van der Waals surface area contributed by atoms with Gasteiger partial charge in [0.15, 0.2) is 0 Å². The van der Waals surface area contributed by atoms with Crippen LogP contribution in [0.25, 0.3) is 10.8 Å². The predicted molar refractivity (Wildman–Crippen MR) is 137 cm³/mol. The summed E-state index contributed by atoms with van der Waals surface area (Å²) in [5.41, 5.74) is 3.50. The van der Waals surface area contributed by atoms with Gasteiger partial charge in [-0.25, -0.2) is 4.79 Å².